The van der Waals surface area contributed by atoms with E-state index in [0.29, 0.717) is 11.3 Å². The first-order valence-electron chi connectivity index (χ1n) is 5.51. The Morgan fingerprint density at radius 1 is 1.18 bits per heavy atom. The summed E-state index contributed by atoms with van der Waals surface area (Å²) < 4.78 is 5.33. The predicted molar refractivity (Wildman–Crippen MR) is 68.0 cm³/mol. The molecule has 0 aliphatic rings. The van der Waals surface area contributed by atoms with Crippen LogP contribution in [0.1, 0.15) is 27.4 Å². The number of aryl methyl sites for hydroxylation is 2. The van der Waals surface area contributed by atoms with E-state index in [4.69, 9.17) is 4.42 Å². The van der Waals surface area contributed by atoms with Crippen LogP contribution in [0.3, 0.4) is 0 Å². The lowest BCUT2D eigenvalue weighted by molar-refractivity contribution is 0.104. The molecule has 0 spiro atoms. The van der Waals surface area contributed by atoms with E-state index in [1.165, 1.54) is 0 Å². The Balaban J connectivity index is 2.18. The van der Waals surface area contributed by atoms with E-state index >= 15 is 0 Å². The fourth-order valence-electron chi connectivity index (χ4n) is 1.70. The Bertz CT molecular complexity index is 548. The van der Waals surface area contributed by atoms with Gasteiger partial charge in [0.25, 0.3) is 0 Å². The molecule has 0 atom stereocenters. The zero-order valence-corrected chi connectivity index (χ0v) is 9.94. The van der Waals surface area contributed by atoms with Crippen molar-refractivity contribution in [2.24, 2.45) is 0 Å². The van der Waals surface area contributed by atoms with Crippen molar-refractivity contribution in [3.63, 3.8) is 0 Å². The van der Waals surface area contributed by atoms with Gasteiger partial charge in [-0.1, -0.05) is 36.4 Å². The van der Waals surface area contributed by atoms with Gasteiger partial charge < -0.3 is 4.42 Å². The number of carbonyl (C=O) groups excluding carboxylic acids is 1. The third-order valence-corrected chi connectivity index (χ3v) is 2.53. The summed E-state index contributed by atoms with van der Waals surface area (Å²) >= 11 is 0. The number of allylic oxidation sites excluding steroid dienone is 1. The second kappa shape index (κ2) is 4.83. The number of hydrogen-bond donors (Lipinski definition) is 0. The quantitative estimate of drug-likeness (QED) is 0.588. The summed E-state index contributed by atoms with van der Waals surface area (Å²) in [6, 6.07) is 11.5. The van der Waals surface area contributed by atoms with Gasteiger partial charge in [0.1, 0.15) is 11.5 Å². The fourth-order valence-corrected chi connectivity index (χ4v) is 1.70. The van der Waals surface area contributed by atoms with Gasteiger partial charge in [0.05, 0.1) is 5.56 Å². The summed E-state index contributed by atoms with van der Waals surface area (Å²) in [7, 11) is 0. The molecule has 0 bridgehead atoms. The molecular formula is C15H14O2. The van der Waals surface area contributed by atoms with Crippen LogP contribution in [-0.4, -0.2) is 5.78 Å². The van der Waals surface area contributed by atoms with Crippen molar-refractivity contribution in [3.05, 3.63) is 65.1 Å². The van der Waals surface area contributed by atoms with Crippen molar-refractivity contribution in [1.82, 2.24) is 0 Å². The second-order valence-corrected chi connectivity index (χ2v) is 3.94. The number of ketones is 1. The van der Waals surface area contributed by atoms with Crippen LogP contribution in [0.25, 0.3) is 6.08 Å². The molecule has 1 heterocycles. The third-order valence-electron chi connectivity index (χ3n) is 2.53. The lowest BCUT2D eigenvalue weighted by Gasteiger charge is -1.92. The summed E-state index contributed by atoms with van der Waals surface area (Å²) in [5, 5.41) is 0. The number of rotatable bonds is 3. The largest absolute Gasteiger partial charge is 0.466 e. The van der Waals surface area contributed by atoms with Gasteiger partial charge in [-0.25, -0.2) is 0 Å². The molecule has 2 aromatic rings. The molecule has 86 valence electrons. The van der Waals surface area contributed by atoms with Crippen LogP contribution in [-0.2, 0) is 0 Å². The number of benzene rings is 1. The van der Waals surface area contributed by atoms with Gasteiger partial charge >= 0.3 is 0 Å². The first kappa shape index (κ1) is 11.4. The van der Waals surface area contributed by atoms with Gasteiger partial charge in [-0.3, -0.25) is 4.79 Å². The molecule has 0 saturated carbocycles. The third kappa shape index (κ3) is 2.72. The van der Waals surface area contributed by atoms with Crippen molar-refractivity contribution >= 4 is 11.9 Å². The molecule has 0 radical (unpaired) electrons. The number of hydrogen-bond acceptors (Lipinski definition) is 2. The molecule has 1 aromatic heterocycles. The number of furan rings is 1. The monoisotopic (exact) mass is 226 g/mol. The van der Waals surface area contributed by atoms with Crippen LogP contribution in [0, 0.1) is 13.8 Å². The van der Waals surface area contributed by atoms with Crippen molar-refractivity contribution in [3.8, 4) is 0 Å². The van der Waals surface area contributed by atoms with Crippen LogP contribution in [0.2, 0.25) is 0 Å². The highest BCUT2D eigenvalue weighted by Gasteiger charge is 2.10. The van der Waals surface area contributed by atoms with Crippen LogP contribution in [0.4, 0.5) is 0 Å². The second-order valence-electron chi connectivity index (χ2n) is 3.94. The Labute approximate surface area is 101 Å². The fraction of sp³-hybridized carbons (Fsp3) is 0.133. The molecule has 0 unspecified atom stereocenters. The maximum atomic E-state index is 11.9. The molecule has 2 heteroatoms. The van der Waals surface area contributed by atoms with Crippen molar-refractivity contribution in [2.45, 2.75) is 13.8 Å². The van der Waals surface area contributed by atoms with E-state index in [-0.39, 0.29) is 5.78 Å². The molecule has 17 heavy (non-hydrogen) atoms. The van der Waals surface area contributed by atoms with Gasteiger partial charge in [0, 0.05) is 0 Å². The first-order chi connectivity index (χ1) is 8.16. The van der Waals surface area contributed by atoms with Crippen LogP contribution >= 0.6 is 0 Å². The van der Waals surface area contributed by atoms with Crippen LogP contribution < -0.4 is 0 Å². The Kier molecular flexibility index (Phi) is 3.24. The predicted octanol–water partition coefficient (Wildman–Crippen LogP) is 3.79. The average Bonchev–Trinajstić information content (AvgIpc) is 2.67. The van der Waals surface area contributed by atoms with E-state index < -0.39 is 0 Å². The van der Waals surface area contributed by atoms with Crippen LogP contribution in [0.15, 0.2) is 46.9 Å². The van der Waals surface area contributed by atoms with E-state index in [1.54, 1.807) is 19.1 Å². The molecule has 0 saturated heterocycles. The molecule has 0 aliphatic carbocycles. The van der Waals surface area contributed by atoms with Crippen molar-refractivity contribution in [2.75, 3.05) is 0 Å². The van der Waals surface area contributed by atoms with Gasteiger partial charge in [0.15, 0.2) is 5.78 Å². The summed E-state index contributed by atoms with van der Waals surface area (Å²) in [6.07, 6.45) is 3.39. The highest BCUT2D eigenvalue weighted by atomic mass is 16.3. The maximum Gasteiger partial charge on any atom is 0.189 e. The zero-order valence-electron chi connectivity index (χ0n) is 9.94. The molecule has 0 aliphatic heterocycles. The van der Waals surface area contributed by atoms with Crippen molar-refractivity contribution in [1.29, 1.82) is 0 Å². The average molecular weight is 226 g/mol. The Morgan fingerprint density at radius 2 is 1.88 bits per heavy atom. The lowest BCUT2D eigenvalue weighted by atomic mass is 10.1. The lowest BCUT2D eigenvalue weighted by Crippen LogP contribution is -1.93. The van der Waals surface area contributed by atoms with E-state index in [1.807, 2.05) is 43.3 Å². The molecule has 1 aromatic carbocycles. The summed E-state index contributed by atoms with van der Waals surface area (Å²) in [4.78, 5) is 11.9. The van der Waals surface area contributed by atoms with Crippen LogP contribution in [0.5, 0.6) is 0 Å². The zero-order chi connectivity index (χ0) is 12.3. The first-order valence-corrected chi connectivity index (χ1v) is 5.51. The molecular weight excluding hydrogens is 212 g/mol. The topological polar surface area (TPSA) is 30.2 Å². The normalized spacial score (nSPS) is 10.9. The Morgan fingerprint density at radius 3 is 2.47 bits per heavy atom. The van der Waals surface area contributed by atoms with Gasteiger partial charge in [0.2, 0.25) is 0 Å². The molecule has 2 rings (SSSR count). The van der Waals surface area contributed by atoms with E-state index in [2.05, 4.69) is 0 Å². The SMILES string of the molecule is Cc1cc(C(=O)/C=C/c2ccccc2)c(C)o1. The summed E-state index contributed by atoms with van der Waals surface area (Å²) in [5.74, 6) is 1.41. The summed E-state index contributed by atoms with van der Waals surface area (Å²) in [6.45, 7) is 3.64. The highest BCUT2D eigenvalue weighted by Crippen LogP contribution is 2.15. The standard InChI is InChI=1S/C15H14O2/c1-11-10-14(12(2)17-11)15(16)9-8-13-6-4-3-5-7-13/h3-10H,1-2H3/b9-8+. The molecule has 0 amide bonds. The number of carbonyl (C=O) groups is 1. The van der Waals surface area contributed by atoms with Gasteiger partial charge in [-0.05, 0) is 31.6 Å². The molecule has 0 N–H and O–H groups in total. The Hall–Kier alpha value is -2.09. The highest BCUT2D eigenvalue weighted by molar-refractivity contribution is 6.07. The molecule has 2 nitrogen and oxygen atoms in total. The van der Waals surface area contributed by atoms with Crippen molar-refractivity contribution < 1.29 is 9.21 Å². The smallest absolute Gasteiger partial charge is 0.189 e. The minimum atomic E-state index is -0.0248. The maximum absolute atomic E-state index is 11.9. The minimum Gasteiger partial charge on any atom is -0.466 e. The van der Waals surface area contributed by atoms with Gasteiger partial charge in [-0.15, -0.1) is 0 Å². The van der Waals surface area contributed by atoms with E-state index in [0.717, 1.165) is 11.3 Å². The van der Waals surface area contributed by atoms with Gasteiger partial charge in [-0.2, -0.15) is 0 Å². The minimum absolute atomic E-state index is 0.0248. The summed E-state index contributed by atoms with van der Waals surface area (Å²) in [5.41, 5.74) is 1.65. The molecule has 0 fully saturated rings. The van der Waals surface area contributed by atoms with E-state index in [9.17, 15) is 4.79 Å².